The van der Waals surface area contributed by atoms with Gasteiger partial charge in [0.1, 0.15) is 5.82 Å². The third-order valence-electron chi connectivity index (χ3n) is 2.92. The van der Waals surface area contributed by atoms with Crippen molar-refractivity contribution in [1.82, 2.24) is 4.90 Å². The quantitative estimate of drug-likeness (QED) is 0.719. The van der Waals surface area contributed by atoms with Gasteiger partial charge in [-0.05, 0) is 50.2 Å². The smallest absolute Gasteiger partial charge is 0.305 e. The van der Waals surface area contributed by atoms with E-state index in [1.165, 1.54) is 13.2 Å². The average molecular weight is 332 g/mol. The Morgan fingerprint density at radius 2 is 2.16 bits per heavy atom. The van der Waals surface area contributed by atoms with Crippen molar-refractivity contribution in [3.05, 3.63) is 34.1 Å². The summed E-state index contributed by atoms with van der Waals surface area (Å²) < 4.78 is 19.0. The van der Waals surface area contributed by atoms with Crippen LogP contribution in [0.1, 0.15) is 18.4 Å². The number of likely N-dealkylation sites (N-methyl/N-ethyl adjacent to an activating group) is 1. The average Bonchev–Trinajstić information content (AvgIpc) is 2.39. The van der Waals surface area contributed by atoms with Crippen molar-refractivity contribution in [2.75, 3.05) is 27.2 Å². The van der Waals surface area contributed by atoms with Crippen LogP contribution in [-0.2, 0) is 16.0 Å². The molecule has 0 fully saturated rings. The lowest BCUT2D eigenvalue weighted by molar-refractivity contribution is -0.140. The Balaban J connectivity index is 2.31. The molecule has 0 saturated carbocycles. The molecule has 0 heterocycles. The summed E-state index contributed by atoms with van der Waals surface area (Å²) in [5.74, 6) is -0.363. The maximum atomic E-state index is 13.5. The molecule has 0 amide bonds. The van der Waals surface area contributed by atoms with Gasteiger partial charge in [-0.3, -0.25) is 4.79 Å². The van der Waals surface area contributed by atoms with Gasteiger partial charge in [0.2, 0.25) is 0 Å². The fourth-order valence-electron chi connectivity index (χ4n) is 1.75. The number of hydrogen-bond donors (Lipinski definition) is 0. The van der Waals surface area contributed by atoms with Gasteiger partial charge in [-0.1, -0.05) is 15.9 Å². The third kappa shape index (κ3) is 6.16. The SMILES string of the molecule is COC(=O)CCCN(C)CCc1cc(Br)ccc1F. The topological polar surface area (TPSA) is 29.5 Å². The fourth-order valence-corrected chi connectivity index (χ4v) is 2.16. The van der Waals surface area contributed by atoms with E-state index in [-0.39, 0.29) is 11.8 Å². The first-order chi connectivity index (χ1) is 9.02. The minimum atomic E-state index is -0.188. The Morgan fingerprint density at radius 3 is 2.84 bits per heavy atom. The van der Waals surface area contributed by atoms with E-state index in [0.717, 1.165) is 24.0 Å². The predicted molar refractivity (Wildman–Crippen MR) is 76.6 cm³/mol. The van der Waals surface area contributed by atoms with Crippen molar-refractivity contribution in [1.29, 1.82) is 0 Å². The maximum Gasteiger partial charge on any atom is 0.305 e. The number of benzene rings is 1. The summed E-state index contributed by atoms with van der Waals surface area (Å²) in [6.45, 7) is 1.55. The van der Waals surface area contributed by atoms with E-state index in [1.807, 2.05) is 7.05 Å². The fraction of sp³-hybridized carbons (Fsp3) is 0.500. The molecule has 1 aromatic carbocycles. The summed E-state index contributed by atoms with van der Waals surface area (Å²) in [6.07, 6.45) is 1.83. The molecule has 0 unspecified atom stereocenters. The molecule has 106 valence electrons. The molecule has 0 aliphatic carbocycles. The van der Waals surface area contributed by atoms with Gasteiger partial charge in [-0.15, -0.1) is 0 Å². The molecule has 0 aliphatic heterocycles. The molecule has 3 nitrogen and oxygen atoms in total. The maximum absolute atomic E-state index is 13.5. The van der Waals surface area contributed by atoms with Crippen LogP contribution in [0.4, 0.5) is 4.39 Å². The van der Waals surface area contributed by atoms with Crippen molar-refractivity contribution >= 4 is 21.9 Å². The van der Waals surface area contributed by atoms with Gasteiger partial charge in [-0.25, -0.2) is 4.39 Å². The molecule has 0 saturated heterocycles. The van der Waals surface area contributed by atoms with Crippen LogP contribution in [-0.4, -0.2) is 38.1 Å². The lowest BCUT2D eigenvalue weighted by Gasteiger charge is -2.16. The van der Waals surface area contributed by atoms with Crippen LogP contribution >= 0.6 is 15.9 Å². The molecule has 0 aliphatic rings. The van der Waals surface area contributed by atoms with Crippen molar-refractivity contribution < 1.29 is 13.9 Å². The minimum Gasteiger partial charge on any atom is -0.469 e. The highest BCUT2D eigenvalue weighted by atomic mass is 79.9. The van der Waals surface area contributed by atoms with E-state index in [0.29, 0.717) is 18.4 Å². The second-order valence-electron chi connectivity index (χ2n) is 4.47. The van der Waals surface area contributed by atoms with E-state index in [9.17, 15) is 9.18 Å². The van der Waals surface area contributed by atoms with Gasteiger partial charge in [-0.2, -0.15) is 0 Å². The van der Waals surface area contributed by atoms with Gasteiger partial charge >= 0.3 is 5.97 Å². The van der Waals surface area contributed by atoms with Crippen LogP contribution in [0, 0.1) is 5.82 Å². The second kappa shape index (κ2) is 8.27. The Labute approximate surface area is 121 Å². The summed E-state index contributed by atoms with van der Waals surface area (Å²) in [5, 5.41) is 0. The zero-order valence-electron chi connectivity index (χ0n) is 11.3. The van der Waals surface area contributed by atoms with Crippen LogP contribution < -0.4 is 0 Å². The molecule has 0 aromatic heterocycles. The van der Waals surface area contributed by atoms with E-state index < -0.39 is 0 Å². The number of nitrogens with zero attached hydrogens (tertiary/aromatic N) is 1. The van der Waals surface area contributed by atoms with Gasteiger partial charge in [0.25, 0.3) is 0 Å². The van der Waals surface area contributed by atoms with Gasteiger partial charge < -0.3 is 9.64 Å². The van der Waals surface area contributed by atoms with Crippen molar-refractivity contribution in [2.24, 2.45) is 0 Å². The normalized spacial score (nSPS) is 10.8. The predicted octanol–water partition coefficient (Wildman–Crippen LogP) is 3.02. The Kier molecular flexibility index (Phi) is 7.02. The summed E-state index contributed by atoms with van der Waals surface area (Å²) >= 11 is 3.34. The molecule has 19 heavy (non-hydrogen) atoms. The first-order valence-corrected chi connectivity index (χ1v) is 7.01. The highest BCUT2D eigenvalue weighted by molar-refractivity contribution is 9.10. The Hall–Kier alpha value is -0.940. The number of ether oxygens (including phenoxy) is 1. The molecule has 1 aromatic rings. The summed E-state index contributed by atoms with van der Waals surface area (Å²) in [6, 6.07) is 4.97. The minimum absolute atomic E-state index is 0.175. The lowest BCUT2D eigenvalue weighted by atomic mass is 10.1. The monoisotopic (exact) mass is 331 g/mol. The van der Waals surface area contributed by atoms with Crippen molar-refractivity contribution in [2.45, 2.75) is 19.3 Å². The number of rotatable bonds is 7. The van der Waals surface area contributed by atoms with Gasteiger partial charge in [0.05, 0.1) is 7.11 Å². The summed E-state index contributed by atoms with van der Waals surface area (Å²) in [7, 11) is 3.36. The lowest BCUT2D eigenvalue weighted by Crippen LogP contribution is -2.23. The van der Waals surface area contributed by atoms with E-state index >= 15 is 0 Å². The first-order valence-electron chi connectivity index (χ1n) is 6.22. The highest BCUT2D eigenvalue weighted by Crippen LogP contribution is 2.16. The number of halogens is 2. The van der Waals surface area contributed by atoms with E-state index in [1.54, 1.807) is 12.1 Å². The first kappa shape index (κ1) is 16.1. The molecular formula is C14H19BrFNO2. The van der Waals surface area contributed by atoms with Crippen molar-refractivity contribution in [3.63, 3.8) is 0 Å². The summed E-state index contributed by atoms with van der Waals surface area (Å²) in [4.78, 5) is 13.0. The number of carbonyl (C=O) groups is 1. The molecular weight excluding hydrogens is 313 g/mol. The molecule has 0 spiro atoms. The number of carbonyl (C=O) groups excluding carboxylic acids is 1. The van der Waals surface area contributed by atoms with Crippen molar-refractivity contribution in [3.8, 4) is 0 Å². The molecule has 0 bridgehead atoms. The summed E-state index contributed by atoms with van der Waals surface area (Å²) in [5.41, 5.74) is 0.703. The van der Waals surface area contributed by atoms with Gasteiger partial charge in [0.15, 0.2) is 0 Å². The molecule has 5 heteroatoms. The van der Waals surface area contributed by atoms with E-state index in [4.69, 9.17) is 0 Å². The largest absolute Gasteiger partial charge is 0.469 e. The molecule has 0 atom stereocenters. The highest BCUT2D eigenvalue weighted by Gasteiger charge is 2.06. The van der Waals surface area contributed by atoms with Crippen LogP contribution in [0.15, 0.2) is 22.7 Å². The molecule has 1 rings (SSSR count). The van der Waals surface area contributed by atoms with E-state index in [2.05, 4.69) is 25.6 Å². The van der Waals surface area contributed by atoms with Crippen LogP contribution in [0.5, 0.6) is 0 Å². The second-order valence-corrected chi connectivity index (χ2v) is 5.38. The van der Waals surface area contributed by atoms with Crippen LogP contribution in [0.25, 0.3) is 0 Å². The number of esters is 1. The van der Waals surface area contributed by atoms with Crippen LogP contribution in [0.3, 0.4) is 0 Å². The third-order valence-corrected chi connectivity index (χ3v) is 3.41. The zero-order valence-corrected chi connectivity index (χ0v) is 12.9. The number of methoxy groups -OCH3 is 1. The van der Waals surface area contributed by atoms with Gasteiger partial charge in [0, 0.05) is 17.4 Å². The Bertz CT molecular complexity index is 426. The molecule has 0 radical (unpaired) electrons. The Morgan fingerprint density at radius 1 is 1.42 bits per heavy atom. The molecule has 0 N–H and O–H groups in total. The van der Waals surface area contributed by atoms with Crippen LogP contribution in [0.2, 0.25) is 0 Å². The number of hydrogen-bond acceptors (Lipinski definition) is 3. The zero-order chi connectivity index (χ0) is 14.3. The standard InChI is InChI=1S/C14H19BrFNO2/c1-17(8-3-4-14(18)19-2)9-7-11-10-12(15)5-6-13(11)16/h5-6,10H,3-4,7-9H2,1-2H3.